The molecule has 0 aliphatic carbocycles. The van der Waals surface area contributed by atoms with Crippen molar-refractivity contribution >= 4 is 5.91 Å². The van der Waals surface area contributed by atoms with E-state index in [2.05, 4.69) is 17.2 Å². The van der Waals surface area contributed by atoms with E-state index in [4.69, 9.17) is 0 Å². The van der Waals surface area contributed by atoms with Crippen LogP contribution in [0.15, 0.2) is 12.2 Å². The highest BCUT2D eigenvalue weighted by atomic mass is 16.1. The number of hydrogen-bond acceptors (Lipinski definition) is 2. The van der Waals surface area contributed by atoms with Gasteiger partial charge < -0.3 is 10.6 Å². The van der Waals surface area contributed by atoms with Crippen molar-refractivity contribution in [1.82, 2.24) is 10.6 Å². The van der Waals surface area contributed by atoms with E-state index in [9.17, 15) is 4.79 Å². The molecule has 0 fully saturated rings. The molecule has 0 radical (unpaired) electrons. The molecule has 1 amide bonds. The van der Waals surface area contributed by atoms with E-state index in [0.717, 1.165) is 6.54 Å². The molecule has 3 nitrogen and oxygen atoms in total. The van der Waals surface area contributed by atoms with Crippen LogP contribution >= 0.6 is 0 Å². The molecule has 0 aromatic carbocycles. The van der Waals surface area contributed by atoms with E-state index in [1.54, 1.807) is 6.92 Å². The van der Waals surface area contributed by atoms with E-state index >= 15 is 0 Å². The van der Waals surface area contributed by atoms with Crippen LogP contribution in [0.3, 0.4) is 0 Å². The first-order valence-electron chi connectivity index (χ1n) is 3.69. The average molecular weight is 156 g/mol. The molecule has 0 heterocycles. The maximum Gasteiger partial charge on any atom is 0.246 e. The number of rotatable bonds is 4. The van der Waals surface area contributed by atoms with E-state index in [-0.39, 0.29) is 11.9 Å². The third-order valence-electron chi connectivity index (χ3n) is 1.28. The second kappa shape index (κ2) is 4.91. The van der Waals surface area contributed by atoms with Gasteiger partial charge in [-0.25, -0.2) is 0 Å². The largest absolute Gasteiger partial charge is 0.349 e. The van der Waals surface area contributed by atoms with Gasteiger partial charge in [-0.1, -0.05) is 6.58 Å². The summed E-state index contributed by atoms with van der Waals surface area (Å²) in [6.45, 7) is 7.95. The Balaban J connectivity index is 3.66. The molecule has 0 rings (SSSR count). The molecule has 0 spiro atoms. The van der Waals surface area contributed by atoms with Gasteiger partial charge in [-0.3, -0.25) is 4.79 Å². The van der Waals surface area contributed by atoms with Crippen molar-refractivity contribution in [1.29, 1.82) is 0 Å². The predicted octanol–water partition coefficient (Wildman–Crippen LogP) is 0.287. The number of nitrogens with one attached hydrogen (secondary N) is 2. The summed E-state index contributed by atoms with van der Waals surface area (Å²) in [4.78, 5) is 11.0. The fraction of sp³-hybridized carbons (Fsp3) is 0.625. The van der Waals surface area contributed by atoms with Gasteiger partial charge in [0.1, 0.15) is 0 Å². The number of carbonyl (C=O) groups excluding carboxylic acids is 1. The lowest BCUT2D eigenvalue weighted by Gasteiger charge is -2.12. The van der Waals surface area contributed by atoms with Gasteiger partial charge in [0.2, 0.25) is 5.91 Å². The van der Waals surface area contributed by atoms with Gasteiger partial charge in [-0.2, -0.15) is 0 Å². The molecule has 0 bridgehead atoms. The Morgan fingerprint density at radius 3 is 2.55 bits per heavy atom. The van der Waals surface area contributed by atoms with E-state index in [1.807, 2.05) is 14.0 Å². The minimum absolute atomic E-state index is 0.0762. The van der Waals surface area contributed by atoms with Crippen LogP contribution in [-0.4, -0.2) is 25.5 Å². The third kappa shape index (κ3) is 4.56. The van der Waals surface area contributed by atoms with Gasteiger partial charge in [0, 0.05) is 18.2 Å². The lowest BCUT2D eigenvalue weighted by atomic mass is 10.3. The van der Waals surface area contributed by atoms with Crippen molar-refractivity contribution in [3.05, 3.63) is 12.2 Å². The van der Waals surface area contributed by atoms with Crippen molar-refractivity contribution in [3.8, 4) is 0 Å². The van der Waals surface area contributed by atoms with Gasteiger partial charge in [-0.05, 0) is 20.9 Å². The molecular formula is C8H16N2O. The second-order valence-corrected chi connectivity index (χ2v) is 2.71. The van der Waals surface area contributed by atoms with Crippen LogP contribution in [0, 0.1) is 0 Å². The standard InChI is InChI=1S/C8H16N2O/c1-6(2)8(11)10-7(3)5-9-4/h7,9H,1,5H2,2-4H3,(H,10,11). The highest BCUT2D eigenvalue weighted by Crippen LogP contribution is 1.87. The average Bonchev–Trinajstić information content (AvgIpc) is 1.87. The van der Waals surface area contributed by atoms with Crippen LogP contribution in [0.4, 0.5) is 0 Å². The first kappa shape index (κ1) is 10.2. The van der Waals surface area contributed by atoms with Gasteiger partial charge in [0.15, 0.2) is 0 Å². The molecule has 0 saturated heterocycles. The van der Waals surface area contributed by atoms with Crippen LogP contribution in [0.2, 0.25) is 0 Å². The predicted molar refractivity (Wildman–Crippen MR) is 46.3 cm³/mol. The van der Waals surface area contributed by atoms with Crippen LogP contribution in [-0.2, 0) is 4.79 Å². The Morgan fingerprint density at radius 1 is 1.64 bits per heavy atom. The van der Waals surface area contributed by atoms with Crippen molar-refractivity contribution in [2.45, 2.75) is 19.9 Å². The van der Waals surface area contributed by atoms with Gasteiger partial charge in [0.05, 0.1) is 0 Å². The zero-order valence-corrected chi connectivity index (χ0v) is 7.40. The summed E-state index contributed by atoms with van der Waals surface area (Å²) >= 11 is 0. The molecule has 3 heteroatoms. The van der Waals surface area contributed by atoms with E-state index in [0.29, 0.717) is 5.57 Å². The summed E-state index contributed by atoms with van der Waals surface area (Å²) in [5.74, 6) is -0.0762. The number of carbonyl (C=O) groups is 1. The highest BCUT2D eigenvalue weighted by molar-refractivity contribution is 5.92. The fourth-order valence-corrected chi connectivity index (χ4v) is 0.704. The van der Waals surface area contributed by atoms with E-state index in [1.165, 1.54) is 0 Å². The molecule has 0 aromatic heterocycles. The zero-order valence-electron chi connectivity index (χ0n) is 7.40. The number of hydrogen-bond donors (Lipinski definition) is 2. The molecule has 11 heavy (non-hydrogen) atoms. The quantitative estimate of drug-likeness (QED) is 0.574. The minimum atomic E-state index is -0.0762. The van der Waals surface area contributed by atoms with E-state index < -0.39 is 0 Å². The Labute approximate surface area is 67.9 Å². The number of likely N-dealkylation sites (N-methyl/N-ethyl adjacent to an activating group) is 1. The SMILES string of the molecule is C=C(C)C(=O)NC(C)CNC. The second-order valence-electron chi connectivity index (χ2n) is 2.71. The lowest BCUT2D eigenvalue weighted by molar-refractivity contribution is -0.117. The molecule has 1 atom stereocenters. The van der Waals surface area contributed by atoms with Crippen molar-refractivity contribution in [3.63, 3.8) is 0 Å². The van der Waals surface area contributed by atoms with Crippen LogP contribution < -0.4 is 10.6 Å². The molecule has 0 aromatic rings. The molecular weight excluding hydrogens is 140 g/mol. The summed E-state index contributed by atoms with van der Waals surface area (Å²) in [6.07, 6.45) is 0. The van der Waals surface area contributed by atoms with Gasteiger partial charge in [0.25, 0.3) is 0 Å². The Hall–Kier alpha value is -0.830. The molecule has 2 N–H and O–H groups in total. The zero-order chi connectivity index (χ0) is 8.85. The van der Waals surface area contributed by atoms with Crippen LogP contribution in [0.25, 0.3) is 0 Å². The lowest BCUT2D eigenvalue weighted by Crippen LogP contribution is -2.39. The maximum atomic E-state index is 11.0. The molecule has 0 aliphatic rings. The Bertz CT molecular complexity index is 154. The summed E-state index contributed by atoms with van der Waals surface area (Å²) in [5, 5.41) is 5.75. The normalized spacial score (nSPS) is 12.3. The summed E-state index contributed by atoms with van der Waals surface area (Å²) < 4.78 is 0. The molecule has 1 unspecified atom stereocenters. The minimum Gasteiger partial charge on any atom is -0.349 e. The molecule has 64 valence electrons. The summed E-state index contributed by atoms with van der Waals surface area (Å²) in [5.41, 5.74) is 0.549. The topological polar surface area (TPSA) is 41.1 Å². The van der Waals surface area contributed by atoms with Crippen molar-refractivity contribution in [2.24, 2.45) is 0 Å². The number of amides is 1. The van der Waals surface area contributed by atoms with Crippen LogP contribution in [0.5, 0.6) is 0 Å². The van der Waals surface area contributed by atoms with Crippen molar-refractivity contribution < 1.29 is 4.79 Å². The highest BCUT2D eigenvalue weighted by Gasteiger charge is 2.05. The fourth-order valence-electron chi connectivity index (χ4n) is 0.704. The first-order valence-corrected chi connectivity index (χ1v) is 3.69. The third-order valence-corrected chi connectivity index (χ3v) is 1.28. The maximum absolute atomic E-state index is 11.0. The Kier molecular flexibility index (Phi) is 4.54. The first-order chi connectivity index (χ1) is 5.07. The van der Waals surface area contributed by atoms with Crippen LogP contribution in [0.1, 0.15) is 13.8 Å². The van der Waals surface area contributed by atoms with Gasteiger partial charge >= 0.3 is 0 Å². The van der Waals surface area contributed by atoms with Gasteiger partial charge in [-0.15, -0.1) is 0 Å². The smallest absolute Gasteiger partial charge is 0.246 e. The summed E-state index contributed by atoms with van der Waals surface area (Å²) in [7, 11) is 1.85. The van der Waals surface area contributed by atoms with Crippen molar-refractivity contribution in [2.75, 3.05) is 13.6 Å². The monoisotopic (exact) mass is 156 g/mol. The molecule has 0 saturated carbocycles. The summed E-state index contributed by atoms with van der Waals surface area (Å²) in [6, 6.07) is 0.157. The Morgan fingerprint density at radius 2 is 2.18 bits per heavy atom. The molecule has 0 aliphatic heterocycles.